The number of hydrogen-bond acceptors (Lipinski definition) is 8. The first kappa shape index (κ1) is 18.9. The summed E-state index contributed by atoms with van der Waals surface area (Å²) in [4.78, 5) is 27.5. The zero-order chi connectivity index (χ0) is 20.2. The second kappa shape index (κ2) is 8.73. The van der Waals surface area contributed by atoms with Crippen molar-refractivity contribution in [2.45, 2.75) is 16.6 Å². The Morgan fingerprint density at radius 1 is 0.767 bits per heavy atom. The highest BCUT2D eigenvalue weighted by Gasteiger charge is 2.20. The first-order chi connectivity index (χ1) is 14.8. The van der Waals surface area contributed by atoms with Crippen molar-refractivity contribution in [3.8, 4) is 0 Å². The molecule has 0 unspecified atom stereocenters. The summed E-state index contributed by atoms with van der Waals surface area (Å²) >= 11 is 1.59. The molecular formula is C22H21N7S. The number of fused-ring (bicyclic) bond motifs is 1. The van der Waals surface area contributed by atoms with Gasteiger partial charge in [0.2, 0.25) is 5.95 Å². The van der Waals surface area contributed by atoms with Crippen LogP contribution in [0.25, 0.3) is 10.9 Å². The summed E-state index contributed by atoms with van der Waals surface area (Å²) in [6, 6.07) is 15.9. The van der Waals surface area contributed by atoms with Crippen molar-refractivity contribution in [2.24, 2.45) is 0 Å². The van der Waals surface area contributed by atoms with Crippen LogP contribution in [-0.4, -0.2) is 56.0 Å². The Hall–Kier alpha value is -3.10. The van der Waals surface area contributed by atoms with Crippen LogP contribution in [0.5, 0.6) is 0 Å². The summed E-state index contributed by atoms with van der Waals surface area (Å²) in [5, 5.41) is 2.94. The number of anilines is 1. The molecule has 0 saturated carbocycles. The molecule has 1 saturated heterocycles. The fourth-order valence-electron chi connectivity index (χ4n) is 3.51. The summed E-state index contributed by atoms with van der Waals surface area (Å²) in [5.74, 6) is 1.64. The molecule has 1 fully saturated rings. The Morgan fingerprint density at radius 2 is 1.53 bits per heavy atom. The maximum atomic E-state index is 4.90. The fourth-order valence-corrected chi connectivity index (χ4v) is 4.40. The van der Waals surface area contributed by atoms with Crippen molar-refractivity contribution in [3.63, 3.8) is 0 Å². The van der Waals surface area contributed by atoms with Crippen molar-refractivity contribution in [1.29, 1.82) is 0 Å². The highest BCUT2D eigenvalue weighted by atomic mass is 32.2. The van der Waals surface area contributed by atoms with E-state index in [4.69, 9.17) is 9.97 Å². The number of nitrogens with zero attached hydrogens (tertiary/aromatic N) is 7. The molecule has 30 heavy (non-hydrogen) atoms. The molecule has 0 bridgehead atoms. The van der Waals surface area contributed by atoms with E-state index in [-0.39, 0.29) is 0 Å². The third-order valence-corrected chi connectivity index (χ3v) is 5.98. The van der Waals surface area contributed by atoms with Crippen molar-refractivity contribution in [3.05, 3.63) is 72.9 Å². The first-order valence-electron chi connectivity index (χ1n) is 9.94. The Kier molecular flexibility index (Phi) is 5.50. The molecule has 0 amide bonds. The van der Waals surface area contributed by atoms with Crippen LogP contribution in [0.3, 0.4) is 0 Å². The van der Waals surface area contributed by atoms with Gasteiger partial charge >= 0.3 is 0 Å². The summed E-state index contributed by atoms with van der Waals surface area (Å²) in [6.45, 7) is 4.37. The van der Waals surface area contributed by atoms with E-state index in [1.54, 1.807) is 24.2 Å². The molecule has 0 atom stereocenters. The molecule has 150 valence electrons. The fraction of sp³-hybridized carbons (Fsp3) is 0.227. The van der Waals surface area contributed by atoms with Gasteiger partial charge in [0.25, 0.3) is 0 Å². The number of rotatable bonds is 5. The van der Waals surface area contributed by atoms with E-state index in [9.17, 15) is 0 Å². The van der Waals surface area contributed by atoms with Gasteiger partial charge in [-0.05, 0) is 36.0 Å². The maximum absolute atomic E-state index is 4.90. The number of benzene rings is 1. The Morgan fingerprint density at radius 3 is 2.33 bits per heavy atom. The average molecular weight is 416 g/mol. The van der Waals surface area contributed by atoms with Gasteiger partial charge in [0.05, 0.1) is 12.1 Å². The zero-order valence-electron chi connectivity index (χ0n) is 16.4. The minimum atomic E-state index is 0.726. The molecule has 7 nitrogen and oxygen atoms in total. The average Bonchev–Trinajstić information content (AvgIpc) is 2.81. The lowest BCUT2D eigenvalue weighted by molar-refractivity contribution is 0.242. The van der Waals surface area contributed by atoms with Crippen molar-refractivity contribution < 1.29 is 0 Å². The molecule has 4 heterocycles. The second-order valence-electron chi connectivity index (χ2n) is 7.04. The molecule has 4 aromatic rings. The van der Waals surface area contributed by atoms with Crippen molar-refractivity contribution in [1.82, 2.24) is 29.8 Å². The van der Waals surface area contributed by atoms with E-state index in [0.717, 1.165) is 65.5 Å². The normalized spacial score (nSPS) is 14.9. The number of piperazine rings is 1. The minimum Gasteiger partial charge on any atom is -0.338 e. The van der Waals surface area contributed by atoms with E-state index in [1.807, 2.05) is 48.7 Å². The van der Waals surface area contributed by atoms with E-state index < -0.39 is 0 Å². The minimum absolute atomic E-state index is 0.726. The van der Waals surface area contributed by atoms with Gasteiger partial charge in [-0.3, -0.25) is 4.90 Å². The van der Waals surface area contributed by atoms with Crippen LogP contribution >= 0.6 is 11.8 Å². The van der Waals surface area contributed by atoms with Gasteiger partial charge in [0.15, 0.2) is 0 Å². The van der Waals surface area contributed by atoms with Crippen molar-refractivity contribution in [2.75, 3.05) is 31.1 Å². The standard InChI is InChI=1S/C22H21N7S/c1-2-7-18-17(6-1)21(30-20-8-3-4-9-23-20)27-19(26-18)16-28-12-14-29(15-13-28)22-24-10-5-11-25-22/h1-11H,12-16H2. The molecule has 0 radical (unpaired) electrons. The maximum Gasteiger partial charge on any atom is 0.225 e. The SMILES string of the molecule is c1ccc(Sc2nc(CN3CCN(c4ncccn4)CC3)nc3ccccc23)nc1. The lowest BCUT2D eigenvalue weighted by Crippen LogP contribution is -2.46. The van der Waals surface area contributed by atoms with Crippen LogP contribution < -0.4 is 4.90 Å². The van der Waals surface area contributed by atoms with Crippen LogP contribution in [0.1, 0.15) is 5.82 Å². The third kappa shape index (κ3) is 4.24. The van der Waals surface area contributed by atoms with Gasteiger partial charge < -0.3 is 4.90 Å². The predicted molar refractivity (Wildman–Crippen MR) is 117 cm³/mol. The molecule has 1 aliphatic heterocycles. The summed E-state index contributed by atoms with van der Waals surface area (Å²) < 4.78 is 0. The molecule has 0 spiro atoms. The highest BCUT2D eigenvalue weighted by Crippen LogP contribution is 2.30. The smallest absolute Gasteiger partial charge is 0.225 e. The topological polar surface area (TPSA) is 70.9 Å². The van der Waals surface area contributed by atoms with Gasteiger partial charge in [-0.15, -0.1) is 0 Å². The van der Waals surface area contributed by atoms with E-state index in [0.29, 0.717) is 0 Å². The Labute approximate surface area is 179 Å². The molecule has 3 aromatic heterocycles. The van der Waals surface area contributed by atoms with Crippen LogP contribution in [0.15, 0.2) is 77.2 Å². The van der Waals surface area contributed by atoms with Gasteiger partial charge in [-0.1, -0.05) is 24.3 Å². The first-order valence-corrected chi connectivity index (χ1v) is 10.8. The molecule has 8 heteroatoms. The molecule has 0 N–H and O–H groups in total. The highest BCUT2D eigenvalue weighted by molar-refractivity contribution is 7.99. The number of pyridine rings is 1. The molecule has 0 aliphatic carbocycles. The van der Waals surface area contributed by atoms with Gasteiger partial charge in [-0.25, -0.2) is 24.9 Å². The Balaban J connectivity index is 1.34. The van der Waals surface area contributed by atoms with Crippen LogP contribution in [0.2, 0.25) is 0 Å². The van der Waals surface area contributed by atoms with Gasteiger partial charge in [0, 0.05) is 50.2 Å². The summed E-state index contributed by atoms with van der Waals surface area (Å²) in [7, 11) is 0. The van der Waals surface area contributed by atoms with E-state index >= 15 is 0 Å². The van der Waals surface area contributed by atoms with Crippen LogP contribution in [0, 0.1) is 0 Å². The largest absolute Gasteiger partial charge is 0.338 e. The van der Waals surface area contributed by atoms with E-state index in [2.05, 4.69) is 30.8 Å². The summed E-state index contributed by atoms with van der Waals surface area (Å²) in [5.41, 5.74) is 0.970. The third-order valence-electron chi connectivity index (χ3n) is 5.03. The predicted octanol–water partition coefficient (Wildman–Crippen LogP) is 3.29. The lowest BCUT2D eigenvalue weighted by atomic mass is 10.2. The monoisotopic (exact) mass is 415 g/mol. The molecule has 1 aromatic carbocycles. The quantitative estimate of drug-likeness (QED) is 0.460. The summed E-state index contributed by atoms with van der Waals surface area (Å²) in [6.07, 6.45) is 5.39. The molecule has 1 aliphatic rings. The molecule has 5 rings (SSSR count). The number of para-hydroxylation sites is 1. The molecular weight excluding hydrogens is 394 g/mol. The number of aromatic nitrogens is 5. The lowest BCUT2D eigenvalue weighted by Gasteiger charge is -2.34. The van der Waals surface area contributed by atoms with Crippen LogP contribution in [-0.2, 0) is 6.54 Å². The van der Waals surface area contributed by atoms with Gasteiger partial charge in [0.1, 0.15) is 15.9 Å². The van der Waals surface area contributed by atoms with Gasteiger partial charge in [-0.2, -0.15) is 0 Å². The van der Waals surface area contributed by atoms with E-state index in [1.165, 1.54) is 0 Å². The zero-order valence-corrected chi connectivity index (χ0v) is 17.2. The Bertz CT molecular complexity index is 1120. The van der Waals surface area contributed by atoms with Crippen molar-refractivity contribution >= 4 is 28.6 Å². The second-order valence-corrected chi connectivity index (χ2v) is 8.05. The number of hydrogen-bond donors (Lipinski definition) is 0. The van der Waals surface area contributed by atoms with Crippen LogP contribution in [0.4, 0.5) is 5.95 Å².